The summed E-state index contributed by atoms with van der Waals surface area (Å²) in [4.78, 5) is 15.2. The lowest BCUT2D eigenvalue weighted by atomic mass is 10.0. The number of hydrogen-bond acceptors (Lipinski definition) is 2. The van der Waals surface area contributed by atoms with Crippen molar-refractivity contribution < 1.29 is 9.90 Å². The second-order valence-electron chi connectivity index (χ2n) is 6.02. The second kappa shape index (κ2) is 8.79. The fourth-order valence-electron chi connectivity index (χ4n) is 2.91. The van der Waals surface area contributed by atoms with E-state index in [1.807, 2.05) is 12.1 Å². The molecule has 1 N–H and O–H groups in total. The summed E-state index contributed by atoms with van der Waals surface area (Å²) < 4.78 is 0. The maximum atomic E-state index is 12.0. The fourth-order valence-corrected chi connectivity index (χ4v) is 2.91. The Balaban J connectivity index is 1.77. The number of carbonyl (C=O) groups excluding carboxylic acids is 1. The first kappa shape index (κ1) is 16.8. The number of aliphatic hydroxyl groups is 1. The summed E-state index contributed by atoms with van der Waals surface area (Å²) in [5.41, 5.74) is 2.26. The smallest absolute Gasteiger partial charge is 0.326 e. The van der Waals surface area contributed by atoms with Crippen molar-refractivity contribution in [1.82, 2.24) is 4.90 Å². The minimum atomic E-state index is -0.203. The van der Waals surface area contributed by atoms with Crippen LogP contribution in [0.25, 0.3) is 0 Å². The van der Waals surface area contributed by atoms with Crippen molar-refractivity contribution in [3.8, 4) is 0 Å². The molecule has 2 amide bonds. The average molecular weight is 304 g/mol. The average Bonchev–Trinajstić information content (AvgIpc) is 2.92. The first-order valence-electron chi connectivity index (χ1n) is 8.52. The predicted octanol–water partition coefficient (Wildman–Crippen LogP) is 3.78. The van der Waals surface area contributed by atoms with Gasteiger partial charge in [-0.1, -0.05) is 51.2 Å². The molecule has 122 valence electrons. The van der Waals surface area contributed by atoms with Crippen LogP contribution in [-0.2, 0) is 6.42 Å². The highest BCUT2D eigenvalue weighted by Gasteiger charge is 2.28. The van der Waals surface area contributed by atoms with Crippen molar-refractivity contribution in [3.05, 3.63) is 29.8 Å². The Morgan fingerprint density at radius 1 is 1.00 bits per heavy atom. The van der Waals surface area contributed by atoms with Crippen molar-refractivity contribution >= 4 is 11.7 Å². The summed E-state index contributed by atoms with van der Waals surface area (Å²) in [5.74, 6) is 0. The third kappa shape index (κ3) is 4.47. The summed E-state index contributed by atoms with van der Waals surface area (Å²) in [5, 5.41) is 9.10. The zero-order valence-corrected chi connectivity index (χ0v) is 13.6. The molecule has 0 aromatic heterocycles. The number of anilines is 1. The Kier molecular flexibility index (Phi) is 6.72. The molecule has 1 aromatic rings. The molecule has 4 heteroatoms. The number of aliphatic hydroxyl groups excluding tert-OH is 1. The van der Waals surface area contributed by atoms with E-state index in [1.54, 1.807) is 4.90 Å². The Bertz CT molecular complexity index is 459. The number of unbranched alkanes of at least 4 members (excludes halogenated alkanes) is 5. The molecule has 0 radical (unpaired) electrons. The van der Waals surface area contributed by atoms with Crippen LogP contribution in [0.5, 0.6) is 0 Å². The number of hydrogen-bond donors (Lipinski definition) is 1. The van der Waals surface area contributed by atoms with Gasteiger partial charge in [-0.05, 0) is 30.5 Å². The van der Waals surface area contributed by atoms with Gasteiger partial charge in [0.05, 0.1) is 0 Å². The third-order valence-corrected chi connectivity index (χ3v) is 4.33. The summed E-state index contributed by atoms with van der Waals surface area (Å²) in [6.45, 7) is 3.28. The van der Waals surface area contributed by atoms with E-state index in [2.05, 4.69) is 19.1 Å². The highest BCUT2D eigenvalue weighted by atomic mass is 16.3. The zero-order chi connectivity index (χ0) is 15.8. The highest BCUT2D eigenvalue weighted by molar-refractivity contribution is 5.94. The molecular weight excluding hydrogens is 276 g/mol. The van der Waals surface area contributed by atoms with Gasteiger partial charge in [0.15, 0.2) is 0 Å². The van der Waals surface area contributed by atoms with Crippen LogP contribution in [0, 0.1) is 0 Å². The molecule has 1 heterocycles. The van der Waals surface area contributed by atoms with Gasteiger partial charge in [0.2, 0.25) is 0 Å². The maximum absolute atomic E-state index is 12.0. The van der Waals surface area contributed by atoms with Crippen molar-refractivity contribution in [1.29, 1.82) is 0 Å². The van der Waals surface area contributed by atoms with Gasteiger partial charge in [-0.15, -0.1) is 0 Å². The summed E-state index contributed by atoms with van der Waals surface area (Å²) in [7, 11) is 0. The van der Waals surface area contributed by atoms with Crippen LogP contribution in [-0.4, -0.2) is 35.9 Å². The van der Waals surface area contributed by atoms with Crippen LogP contribution in [0.4, 0.5) is 10.5 Å². The molecule has 2 rings (SSSR count). The minimum Gasteiger partial charge on any atom is -0.376 e. The number of urea groups is 1. The number of nitrogens with zero attached hydrogens (tertiary/aromatic N) is 2. The van der Waals surface area contributed by atoms with Crippen LogP contribution < -0.4 is 4.90 Å². The van der Waals surface area contributed by atoms with Gasteiger partial charge in [0, 0.05) is 18.8 Å². The van der Waals surface area contributed by atoms with Crippen molar-refractivity contribution in [2.24, 2.45) is 0 Å². The van der Waals surface area contributed by atoms with E-state index in [0.717, 1.165) is 12.1 Å². The molecule has 1 saturated heterocycles. The SMILES string of the molecule is CCCCCCCCc1ccc(N2CCN(CO)C2=O)cc1. The number of rotatable bonds is 9. The highest BCUT2D eigenvalue weighted by Crippen LogP contribution is 2.21. The summed E-state index contributed by atoms with van der Waals surface area (Å²) in [6.07, 6.45) is 9.00. The van der Waals surface area contributed by atoms with Crippen LogP contribution in [0.1, 0.15) is 51.0 Å². The molecule has 22 heavy (non-hydrogen) atoms. The topological polar surface area (TPSA) is 43.8 Å². The number of benzene rings is 1. The lowest BCUT2D eigenvalue weighted by molar-refractivity contribution is 0.143. The van der Waals surface area contributed by atoms with E-state index in [-0.39, 0.29) is 12.8 Å². The molecule has 4 nitrogen and oxygen atoms in total. The van der Waals surface area contributed by atoms with Gasteiger partial charge in [0.25, 0.3) is 0 Å². The van der Waals surface area contributed by atoms with Gasteiger partial charge >= 0.3 is 6.03 Å². The van der Waals surface area contributed by atoms with Crippen molar-refractivity contribution in [2.45, 2.75) is 51.9 Å². The zero-order valence-electron chi connectivity index (χ0n) is 13.6. The lowest BCUT2D eigenvalue weighted by Crippen LogP contribution is -2.32. The molecule has 1 aliphatic rings. The van der Waals surface area contributed by atoms with Gasteiger partial charge < -0.3 is 5.11 Å². The summed E-state index contributed by atoms with van der Waals surface area (Å²) in [6, 6.07) is 8.18. The maximum Gasteiger partial charge on any atom is 0.326 e. The van der Waals surface area contributed by atoms with Crippen LogP contribution in [0.3, 0.4) is 0 Å². The van der Waals surface area contributed by atoms with Gasteiger partial charge in [-0.2, -0.15) is 0 Å². The molecule has 0 aliphatic carbocycles. The number of aryl methyl sites for hydroxylation is 1. The Morgan fingerprint density at radius 2 is 1.68 bits per heavy atom. The van der Waals surface area contributed by atoms with Crippen molar-refractivity contribution in [3.63, 3.8) is 0 Å². The van der Waals surface area contributed by atoms with E-state index in [9.17, 15) is 4.79 Å². The molecule has 1 aromatic carbocycles. The number of amides is 2. The summed E-state index contributed by atoms with van der Waals surface area (Å²) >= 11 is 0. The molecule has 0 bridgehead atoms. The van der Waals surface area contributed by atoms with E-state index in [0.29, 0.717) is 13.1 Å². The number of carbonyl (C=O) groups is 1. The van der Waals surface area contributed by atoms with Crippen LogP contribution in [0.15, 0.2) is 24.3 Å². The molecule has 1 fully saturated rings. The molecule has 0 saturated carbocycles. The van der Waals surface area contributed by atoms with Gasteiger partial charge in [0.1, 0.15) is 6.73 Å². The largest absolute Gasteiger partial charge is 0.376 e. The van der Waals surface area contributed by atoms with E-state index >= 15 is 0 Å². The molecule has 1 aliphatic heterocycles. The van der Waals surface area contributed by atoms with Gasteiger partial charge in [-0.25, -0.2) is 4.79 Å². The fraction of sp³-hybridized carbons (Fsp3) is 0.611. The predicted molar refractivity (Wildman–Crippen MR) is 90.1 cm³/mol. The molecule has 0 unspecified atom stereocenters. The second-order valence-corrected chi connectivity index (χ2v) is 6.02. The third-order valence-electron chi connectivity index (χ3n) is 4.33. The van der Waals surface area contributed by atoms with Crippen LogP contribution >= 0.6 is 0 Å². The molecular formula is C18H28N2O2. The minimum absolute atomic E-state index is 0.105. The first-order chi connectivity index (χ1) is 10.8. The quantitative estimate of drug-likeness (QED) is 0.706. The normalized spacial score (nSPS) is 14.9. The van der Waals surface area contributed by atoms with Crippen molar-refractivity contribution in [2.75, 3.05) is 24.7 Å². The van der Waals surface area contributed by atoms with E-state index < -0.39 is 0 Å². The molecule has 0 atom stereocenters. The van der Waals surface area contributed by atoms with E-state index in [4.69, 9.17) is 5.11 Å². The Morgan fingerprint density at radius 3 is 2.32 bits per heavy atom. The van der Waals surface area contributed by atoms with Crippen LogP contribution in [0.2, 0.25) is 0 Å². The Labute approximate surface area is 133 Å². The van der Waals surface area contributed by atoms with E-state index in [1.165, 1.54) is 49.0 Å². The molecule has 0 spiro atoms. The standard InChI is InChI=1S/C18H28N2O2/c1-2-3-4-5-6-7-8-16-9-11-17(12-10-16)20-14-13-19(15-21)18(20)22/h9-12,21H,2-8,13-15H2,1H3. The van der Waals surface area contributed by atoms with Gasteiger partial charge in [-0.3, -0.25) is 9.80 Å². The Hall–Kier alpha value is -1.55. The lowest BCUT2D eigenvalue weighted by Gasteiger charge is -2.17. The monoisotopic (exact) mass is 304 g/mol. The first-order valence-corrected chi connectivity index (χ1v) is 8.52.